The van der Waals surface area contributed by atoms with Gasteiger partial charge in [0.05, 0.1) is 5.56 Å². The molecule has 4 aromatic rings. The van der Waals surface area contributed by atoms with Crippen molar-refractivity contribution in [1.29, 1.82) is 0 Å². The summed E-state index contributed by atoms with van der Waals surface area (Å²) in [6.45, 7) is 4.11. The second-order valence-corrected chi connectivity index (χ2v) is 7.68. The van der Waals surface area contributed by atoms with Gasteiger partial charge in [0.15, 0.2) is 11.0 Å². The lowest BCUT2D eigenvalue weighted by Gasteiger charge is -2.11. The van der Waals surface area contributed by atoms with E-state index in [1.807, 2.05) is 35.8 Å². The molecule has 5 heteroatoms. The van der Waals surface area contributed by atoms with Gasteiger partial charge in [-0.1, -0.05) is 65.9 Å². The van der Waals surface area contributed by atoms with Crippen molar-refractivity contribution in [1.82, 2.24) is 14.8 Å². The average molecular weight is 389 g/mol. The van der Waals surface area contributed by atoms with E-state index in [4.69, 9.17) is 0 Å². The minimum Gasteiger partial charge on any atom is -0.270 e. The fourth-order valence-corrected chi connectivity index (χ4v) is 3.92. The van der Waals surface area contributed by atoms with Crippen LogP contribution in [0.15, 0.2) is 78.0 Å². The van der Waals surface area contributed by atoms with Gasteiger partial charge in [-0.3, -0.25) is 4.57 Å². The molecular weight excluding hydrogens is 369 g/mol. The van der Waals surface area contributed by atoms with Crippen LogP contribution in [-0.4, -0.2) is 14.8 Å². The normalized spacial score (nSPS) is 11.0. The fraction of sp³-hybridized carbons (Fsp3) is 0.130. The molecule has 0 unspecified atom stereocenters. The van der Waals surface area contributed by atoms with Crippen molar-refractivity contribution in [2.45, 2.75) is 24.8 Å². The third kappa shape index (κ3) is 3.85. The zero-order valence-corrected chi connectivity index (χ0v) is 16.6. The van der Waals surface area contributed by atoms with Crippen molar-refractivity contribution in [3.63, 3.8) is 0 Å². The monoisotopic (exact) mass is 389 g/mol. The molecule has 0 aliphatic heterocycles. The molecule has 0 fully saturated rings. The Labute approximate surface area is 168 Å². The number of hydrogen-bond donors (Lipinski definition) is 0. The molecule has 0 radical (unpaired) electrons. The standard InChI is InChI=1S/C23H20FN3S/c1-16-10-12-18(13-11-16)15-28-23-26-25-22(20-8-3-4-9-21(20)24)27(23)19-7-5-6-17(2)14-19/h3-14H,15H2,1-2H3. The van der Waals surface area contributed by atoms with Crippen LogP contribution in [0.1, 0.15) is 16.7 Å². The van der Waals surface area contributed by atoms with E-state index in [1.54, 1.807) is 23.9 Å². The molecule has 0 spiro atoms. The van der Waals surface area contributed by atoms with Gasteiger partial charge < -0.3 is 0 Å². The topological polar surface area (TPSA) is 30.7 Å². The van der Waals surface area contributed by atoms with Gasteiger partial charge in [0.25, 0.3) is 0 Å². The molecule has 0 amide bonds. The Morgan fingerprint density at radius 1 is 0.857 bits per heavy atom. The van der Waals surface area contributed by atoms with E-state index in [0.717, 1.165) is 22.2 Å². The molecule has 140 valence electrons. The van der Waals surface area contributed by atoms with Crippen molar-refractivity contribution >= 4 is 11.8 Å². The second-order valence-electron chi connectivity index (χ2n) is 6.73. The fourth-order valence-electron chi connectivity index (χ4n) is 3.01. The van der Waals surface area contributed by atoms with E-state index < -0.39 is 0 Å². The van der Waals surface area contributed by atoms with Crippen molar-refractivity contribution < 1.29 is 4.39 Å². The van der Waals surface area contributed by atoms with Crippen molar-refractivity contribution in [2.75, 3.05) is 0 Å². The number of aryl methyl sites for hydroxylation is 2. The van der Waals surface area contributed by atoms with Crippen LogP contribution in [0.5, 0.6) is 0 Å². The SMILES string of the molecule is Cc1ccc(CSc2nnc(-c3ccccc3F)n2-c2cccc(C)c2)cc1. The third-order valence-electron chi connectivity index (χ3n) is 4.50. The molecule has 1 heterocycles. The summed E-state index contributed by atoms with van der Waals surface area (Å²) in [6.07, 6.45) is 0. The molecule has 4 rings (SSSR count). The highest BCUT2D eigenvalue weighted by Crippen LogP contribution is 2.31. The summed E-state index contributed by atoms with van der Waals surface area (Å²) < 4.78 is 16.4. The molecule has 0 saturated heterocycles. The summed E-state index contributed by atoms with van der Waals surface area (Å²) >= 11 is 1.59. The Bertz CT molecular complexity index is 1100. The number of nitrogens with zero attached hydrogens (tertiary/aromatic N) is 3. The van der Waals surface area contributed by atoms with Crippen molar-refractivity contribution in [3.8, 4) is 17.1 Å². The Morgan fingerprint density at radius 2 is 1.64 bits per heavy atom. The van der Waals surface area contributed by atoms with Crippen LogP contribution in [0.2, 0.25) is 0 Å². The summed E-state index contributed by atoms with van der Waals surface area (Å²) in [4.78, 5) is 0. The summed E-state index contributed by atoms with van der Waals surface area (Å²) in [5, 5.41) is 9.45. The van der Waals surface area contributed by atoms with Gasteiger partial charge >= 0.3 is 0 Å². The first-order valence-corrected chi connectivity index (χ1v) is 10.1. The van der Waals surface area contributed by atoms with Crippen LogP contribution < -0.4 is 0 Å². The summed E-state index contributed by atoms with van der Waals surface area (Å²) in [5.74, 6) is 0.968. The molecule has 1 aromatic heterocycles. The molecule has 0 aliphatic carbocycles. The van der Waals surface area contributed by atoms with E-state index >= 15 is 0 Å². The average Bonchev–Trinajstić information content (AvgIpc) is 3.11. The van der Waals surface area contributed by atoms with Gasteiger partial charge in [-0.25, -0.2) is 4.39 Å². The molecule has 0 bridgehead atoms. The summed E-state index contributed by atoms with van der Waals surface area (Å²) in [6, 6.07) is 23.2. The number of benzene rings is 3. The van der Waals surface area contributed by atoms with E-state index in [-0.39, 0.29) is 5.82 Å². The van der Waals surface area contributed by atoms with Gasteiger partial charge in [0.2, 0.25) is 0 Å². The minimum absolute atomic E-state index is 0.307. The van der Waals surface area contributed by atoms with Crippen LogP contribution in [0.3, 0.4) is 0 Å². The first-order chi connectivity index (χ1) is 13.6. The maximum atomic E-state index is 14.5. The van der Waals surface area contributed by atoms with Crippen LogP contribution in [0.4, 0.5) is 4.39 Å². The predicted octanol–water partition coefficient (Wildman–Crippen LogP) is 5.98. The van der Waals surface area contributed by atoms with E-state index in [9.17, 15) is 4.39 Å². The molecule has 0 saturated carbocycles. The number of rotatable bonds is 5. The molecule has 3 nitrogen and oxygen atoms in total. The minimum atomic E-state index is -0.307. The van der Waals surface area contributed by atoms with Gasteiger partial charge in [-0.15, -0.1) is 10.2 Å². The number of hydrogen-bond acceptors (Lipinski definition) is 3. The molecule has 0 N–H and O–H groups in total. The van der Waals surface area contributed by atoms with Crippen LogP contribution in [0, 0.1) is 19.7 Å². The van der Waals surface area contributed by atoms with Gasteiger partial charge in [0.1, 0.15) is 5.82 Å². The molecular formula is C23H20FN3S. The number of aromatic nitrogens is 3. The lowest BCUT2D eigenvalue weighted by atomic mass is 10.2. The smallest absolute Gasteiger partial charge is 0.196 e. The Hall–Kier alpha value is -2.92. The maximum Gasteiger partial charge on any atom is 0.196 e. The predicted molar refractivity (Wildman–Crippen MR) is 112 cm³/mol. The van der Waals surface area contributed by atoms with E-state index in [0.29, 0.717) is 11.4 Å². The van der Waals surface area contributed by atoms with Gasteiger partial charge in [0, 0.05) is 11.4 Å². The van der Waals surface area contributed by atoms with E-state index in [2.05, 4.69) is 47.5 Å². The summed E-state index contributed by atoms with van der Waals surface area (Å²) in [7, 11) is 0. The molecule has 0 aliphatic rings. The van der Waals surface area contributed by atoms with Crippen LogP contribution >= 0.6 is 11.8 Å². The van der Waals surface area contributed by atoms with Crippen LogP contribution in [-0.2, 0) is 5.75 Å². The Balaban J connectivity index is 1.76. The highest BCUT2D eigenvalue weighted by atomic mass is 32.2. The quantitative estimate of drug-likeness (QED) is 0.393. The first kappa shape index (κ1) is 18.4. The molecule has 3 aromatic carbocycles. The Kier molecular flexibility index (Phi) is 5.26. The molecule has 28 heavy (non-hydrogen) atoms. The first-order valence-electron chi connectivity index (χ1n) is 9.07. The highest BCUT2D eigenvalue weighted by molar-refractivity contribution is 7.98. The maximum absolute atomic E-state index is 14.5. The van der Waals surface area contributed by atoms with Crippen LogP contribution in [0.25, 0.3) is 17.1 Å². The Morgan fingerprint density at radius 3 is 2.39 bits per heavy atom. The number of thioether (sulfide) groups is 1. The lowest BCUT2D eigenvalue weighted by molar-refractivity contribution is 0.629. The summed E-state index contributed by atoms with van der Waals surface area (Å²) in [5.41, 5.74) is 4.94. The largest absolute Gasteiger partial charge is 0.270 e. The highest BCUT2D eigenvalue weighted by Gasteiger charge is 2.18. The van der Waals surface area contributed by atoms with E-state index in [1.165, 1.54) is 17.2 Å². The second kappa shape index (κ2) is 7.98. The third-order valence-corrected chi connectivity index (χ3v) is 5.50. The number of halogens is 1. The van der Waals surface area contributed by atoms with Gasteiger partial charge in [-0.05, 0) is 49.2 Å². The zero-order chi connectivity index (χ0) is 19.5. The van der Waals surface area contributed by atoms with Crippen molar-refractivity contribution in [3.05, 3.63) is 95.3 Å². The lowest BCUT2D eigenvalue weighted by Crippen LogP contribution is -2.01. The molecule has 0 atom stereocenters. The van der Waals surface area contributed by atoms with Crippen molar-refractivity contribution in [2.24, 2.45) is 0 Å². The zero-order valence-electron chi connectivity index (χ0n) is 15.8. The van der Waals surface area contributed by atoms with Gasteiger partial charge in [-0.2, -0.15) is 0 Å².